The maximum absolute atomic E-state index is 12.8. The summed E-state index contributed by atoms with van der Waals surface area (Å²) in [6, 6.07) is 6.06. The number of ether oxygens (including phenoxy) is 2. The van der Waals surface area contributed by atoms with Crippen LogP contribution >= 0.6 is 0 Å². The van der Waals surface area contributed by atoms with Gasteiger partial charge in [0.2, 0.25) is 5.91 Å². The third kappa shape index (κ3) is 5.15. The first-order valence-electron chi connectivity index (χ1n) is 9.26. The summed E-state index contributed by atoms with van der Waals surface area (Å²) in [5, 5.41) is 3.04. The molecule has 148 valence electrons. The molecule has 0 radical (unpaired) electrons. The Bertz CT molecular complexity index is 665. The molecule has 6 nitrogen and oxygen atoms in total. The third-order valence-corrected chi connectivity index (χ3v) is 4.98. The number of benzene rings is 1. The van der Waals surface area contributed by atoms with Crippen LogP contribution in [0.2, 0.25) is 0 Å². The summed E-state index contributed by atoms with van der Waals surface area (Å²) in [6.45, 7) is -0.958. The Morgan fingerprint density at radius 3 is 2.67 bits per heavy atom. The van der Waals surface area contributed by atoms with Gasteiger partial charge in [-0.1, -0.05) is 12.1 Å². The van der Waals surface area contributed by atoms with Gasteiger partial charge in [-0.05, 0) is 37.8 Å². The Hall–Kier alpha value is -2.22. The van der Waals surface area contributed by atoms with Crippen LogP contribution in [0.1, 0.15) is 36.0 Å². The number of amides is 2. The van der Waals surface area contributed by atoms with Gasteiger partial charge in [0.05, 0.1) is 11.5 Å². The number of likely N-dealkylation sites (tertiary alicyclic amines) is 1. The molecule has 1 aromatic carbocycles. The fourth-order valence-electron chi connectivity index (χ4n) is 3.55. The summed E-state index contributed by atoms with van der Waals surface area (Å²) < 4.78 is 34.9. The van der Waals surface area contributed by atoms with E-state index in [0.29, 0.717) is 32.6 Å². The minimum absolute atomic E-state index is 0.0588. The van der Waals surface area contributed by atoms with E-state index in [2.05, 4.69) is 10.1 Å². The summed E-state index contributed by atoms with van der Waals surface area (Å²) >= 11 is 0. The maximum atomic E-state index is 12.8. The van der Waals surface area contributed by atoms with Crippen molar-refractivity contribution >= 4 is 11.8 Å². The van der Waals surface area contributed by atoms with Gasteiger partial charge < -0.3 is 19.7 Å². The predicted octanol–water partition coefficient (Wildman–Crippen LogP) is 2.44. The molecule has 2 heterocycles. The summed E-state index contributed by atoms with van der Waals surface area (Å²) in [5.41, 5.74) is 0.0864. The van der Waals surface area contributed by atoms with Crippen LogP contribution in [0, 0.1) is 5.92 Å². The van der Waals surface area contributed by atoms with Gasteiger partial charge in [-0.3, -0.25) is 9.59 Å². The number of piperidine rings is 1. The lowest BCUT2D eigenvalue weighted by Gasteiger charge is -2.33. The van der Waals surface area contributed by atoms with Crippen LogP contribution in [0.15, 0.2) is 24.3 Å². The molecule has 0 saturated carbocycles. The highest BCUT2D eigenvalue weighted by molar-refractivity contribution is 5.97. The summed E-state index contributed by atoms with van der Waals surface area (Å²) in [4.78, 5) is 26.9. The van der Waals surface area contributed by atoms with Gasteiger partial charge in [0.15, 0.2) is 0 Å². The third-order valence-electron chi connectivity index (χ3n) is 4.98. The second kappa shape index (κ2) is 9.12. The molecular weight excluding hydrogens is 358 g/mol. The predicted molar refractivity (Wildman–Crippen MR) is 93.7 cm³/mol. The summed E-state index contributed by atoms with van der Waals surface area (Å²) in [6.07, 6.45) is 2.97. The van der Waals surface area contributed by atoms with Crippen LogP contribution in [-0.2, 0) is 9.53 Å². The number of hydrogen-bond donors (Lipinski definition) is 1. The van der Waals surface area contributed by atoms with Crippen LogP contribution < -0.4 is 10.1 Å². The molecule has 0 aromatic heterocycles. The van der Waals surface area contributed by atoms with Gasteiger partial charge in [-0.25, -0.2) is 0 Å². The van der Waals surface area contributed by atoms with Gasteiger partial charge in [0.1, 0.15) is 5.75 Å². The summed E-state index contributed by atoms with van der Waals surface area (Å²) in [5.74, 6) is -0.897. The topological polar surface area (TPSA) is 67.9 Å². The molecule has 1 N–H and O–H groups in total. The van der Waals surface area contributed by atoms with Crippen molar-refractivity contribution in [2.75, 3.05) is 26.3 Å². The minimum atomic E-state index is -3.00. The minimum Gasteiger partial charge on any atom is -0.434 e. The van der Waals surface area contributed by atoms with E-state index < -0.39 is 12.5 Å². The average molecular weight is 382 g/mol. The van der Waals surface area contributed by atoms with E-state index in [4.69, 9.17) is 4.74 Å². The molecule has 8 heteroatoms. The Morgan fingerprint density at radius 1 is 1.19 bits per heavy atom. The lowest BCUT2D eigenvalue weighted by atomic mass is 9.95. The smallest absolute Gasteiger partial charge is 0.387 e. The second-order valence-electron chi connectivity index (χ2n) is 6.86. The number of rotatable bonds is 5. The number of carbonyl (C=O) groups is 2. The van der Waals surface area contributed by atoms with Crippen LogP contribution in [-0.4, -0.2) is 55.7 Å². The van der Waals surface area contributed by atoms with Crippen LogP contribution in [0.5, 0.6) is 5.75 Å². The number of para-hydroxylation sites is 1. The van der Waals surface area contributed by atoms with E-state index in [1.165, 1.54) is 18.2 Å². The molecule has 0 aliphatic carbocycles. The zero-order valence-corrected chi connectivity index (χ0v) is 15.0. The number of nitrogens with zero attached hydrogens (tertiary/aromatic N) is 1. The first-order chi connectivity index (χ1) is 13.0. The van der Waals surface area contributed by atoms with Crippen molar-refractivity contribution in [2.24, 2.45) is 5.92 Å². The number of carbonyl (C=O) groups excluding carboxylic acids is 2. The molecule has 1 aromatic rings. The van der Waals surface area contributed by atoms with Crippen molar-refractivity contribution in [3.05, 3.63) is 29.8 Å². The largest absolute Gasteiger partial charge is 0.434 e. The number of hydrogen-bond acceptors (Lipinski definition) is 4. The van der Waals surface area contributed by atoms with E-state index in [0.717, 1.165) is 12.8 Å². The van der Waals surface area contributed by atoms with Crippen LogP contribution in [0.3, 0.4) is 0 Å². The van der Waals surface area contributed by atoms with Crippen molar-refractivity contribution in [2.45, 2.75) is 38.3 Å². The Morgan fingerprint density at radius 2 is 1.93 bits per heavy atom. The standard InChI is InChI=1S/C19H24F2N2O4/c20-19(21)27-16-6-2-1-5-15(16)18(25)23-9-3-4-13(12-23)17(24)22-14-7-10-26-11-8-14/h1-2,5-6,13-14,19H,3-4,7-12H2,(H,22,24)/t13-/m1/s1. The molecule has 0 spiro atoms. The lowest BCUT2D eigenvalue weighted by Crippen LogP contribution is -2.48. The van der Waals surface area contributed by atoms with Crippen molar-refractivity contribution in [3.8, 4) is 5.75 Å². The first-order valence-corrected chi connectivity index (χ1v) is 9.26. The molecule has 2 aliphatic heterocycles. The van der Waals surface area contributed by atoms with Crippen LogP contribution in [0.25, 0.3) is 0 Å². The fraction of sp³-hybridized carbons (Fsp3) is 0.579. The van der Waals surface area contributed by atoms with Crippen molar-refractivity contribution in [3.63, 3.8) is 0 Å². The molecule has 3 rings (SSSR count). The second-order valence-corrected chi connectivity index (χ2v) is 6.86. The van der Waals surface area contributed by atoms with E-state index in [1.54, 1.807) is 11.0 Å². The zero-order chi connectivity index (χ0) is 19.2. The van der Waals surface area contributed by atoms with Gasteiger partial charge in [-0.15, -0.1) is 0 Å². The van der Waals surface area contributed by atoms with Gasteiger partial charge in [0, 0.05) is 32.3 Å². The fourth-order valence-corrected chi connectivity index (χ4v) is 3.55. The summed E-state index contributed by atoms with van der Waals surface area (Å²) in [7, 11) is 0. The average Bonchev–Trinajstić information content (AvgIpc) is 2.68. The van der Waals surface area contributed by atoms with Gasteiger partial charge in [-0.2, -0.15) is 8.78 Å². The molecule has 2 saturated heterocycles. The first kappa shape index (κ1) is 19.5. The van der Waals surface area contributed by atoms with Crippen molar-refractivity contribution in [1.82, 2.24) is 10.2 Å². The zero-order valence-electron chi connectivity index (χ0n) is 15.0. The van der Waals surface area contributed by atoms with E-state index >= 15 is 0 Å². The van der Waals surface area contributed by atoms with E-state index in [9.17, 15) is 18.4 Å². The Kier molecular flexibility index (Phi) is 6.60. The number of alkyl halides is 2. The number of nitrogens with one attached hydrogen (secondary N) is 1. The molecule has 1 atom stereocenters. The SMILES string of the molecule is O=C(NC1CCOCC1)[C@@H]1CCCN(C(=O)c2ccccc2OC(F)F)C1. The molecule has 2 amide bonds. The monoisotopic (exact) mass is 382 g/mol. The highest BCUT2D eigenvalue weighted by Crippen LogP contribution is 2.25. The quantitative estimate of drug-likeness (QED) is 0.849. The number of halogens is 2. The Balaban J connectivity index is 1.63. The Labute approximate surface area is 156 Å². The van der Waals surface area contributed by atoms with Crippen molar-refractivity contribution in [1.29, 1.82) is 0 Å². The van der Waals surface area contributed by atoms with Crippen molar-refractivity contribution < 1.29 is 27.8 Å². The molecule has 0 unspecified atom stereocenters. The van der Waals surface area contributed by atoms with E-state index in [1.807, 2.05) is 0 Å². The highest BCUT2D eigenvalue weighted by atomic mass is 19.3. The van der Waals surface area contributed by atoms with Gasteiger partial charge in [0.25, 0.3) is 5.91 Å². The van der Waals surface area contributed by atoms with Crippen LogP contribution in [0.4, 0.5) is 8.78 Å². The molecule has 27 heavy (non-hydrogen) atoms. The molecular formula is C19H24F2N2O4. The maximum Gasteiger partial charge on any atom is 0.387 e. The lowest BCUT2D eigenvalue weighted by molar-refractivity contribution is -0.127. The van der Waals surface area contributed by atoms with Gasteiger partial charge >= 0.3 is 6.61 Å². The molecule has 0 bridgehead atoms. The van der Waals surface area contributed by atoms with E-state index in [-0.39, 0.29) is 35.7 Å². The highest BCUT2D eigenvalue weighted by Gasteiger charge is 2.31. The normalized spacial score (nSPS) is 21.1. The molecule has 2 aliphatic rings. The molecule has 2 fully saturated rings.